The van der Waals surface area contributed by atoms with Crippen LogP contribution in [0.15, 0.2) is 60.8 Å². The average Bonchev–Trinajstić information content (AvgIpc) is 2.60. The standard InChI is InChI=1S/C19H19N3O3S/c1-14-7-3-4-10-16(14)21-18(23)13-22(26(2,24)25)17-11-5-8-15-9-6-12-20-19(15)17/h3-12H,13H2,1-2H3,(H,21,23). The number of benzene rings is 2. The molecule has 0 fully saturated rings. The van der Waals surface area contributed by atoms with Crippen molar-refractivity contribution in [2.24, 2.45) is 0 Å². The van der Waals surface area contributed by atoms with Crippen LogP contribution in [0.1, 0.15) is 5.56 Å². The third kappa shape index (κ3) is 3.83. The van der Waals surface area contributed by atoms with E-state index in [1.165, 1.54) is 0 Å². The number of amides is 1. The van der Waals surface area contributed by atoms with E-state index in [2.05, 4.69) is 10.3 Å². The van der Waals surface area contributed by atoms with Crippen molar-refractivity contribution in [3.05, 3.63) is 66.4 Å². The monoisotopic (exact) mass is 369 g/mol. The van der Waals surface area contributed by atoms with Gasteiger partial charge in [0.15, 0.2) is 0 Å². The lowest BCUT2D eigenvalue weighted by Gasteiger charge is -2.23. The quantitative estimate of drug-likeness (QED) is 0.750. The second kappa shape index (κ2) is 7.13. The van der Waals surface area contributed by atoms with E-state index in [-0.39, 0.29) is 6.54 Å². The van der Waals surface area contributed by atoms with Crippen molar-refractivity contribution in [1.29, 1.82) is 0 Å². The molecular weight excluding hydrogens is 350 g/mol. The fraction of sp³-hybridized carbons (Fsp3) is 0.158. The Bertz CT molecular complexity index is 1060. The summed E-state index contributed by atoms with van der Waals surface area (Å²) >= 11 is 0. The molecule has 1 aromatic heterocycles. The maximum atomic E-state index is 12.5. The molecule has 0 aliphatic heterocycles. The second-order valence-corrected chi connectivity index (χ2v) is 7.89. The number of fused-ring (bicyclic) bond motifs is 1. The van der Waals surface area contributed by atoms with Gasteiger partial charge in [0.1, 0.15) is 6.54 Å². The number of nitrogens with one attached hydrogen (secondary N) is 1. The molecule has 1 amide bonds. The van der Waals surface area contributed by atoms with E-state index in [0.29, 0.717) is 16.9 Å². The first-order valence-electron chi connectivity index (χ1n) is 8.03. The van der Waals surface area contributed by atoms with E-state index in [4.69, 9.17) is 0 Å². The van der Waals surface area contributed by atoms with E-state index in [0.717, 1.165) is 21.5 Å². The SMILES string of the molecule is Cc1ccccc1NC(=O)CN(c1cccc2cccnc12)S(C)(=O)=O. The van der Waals surface area contributed by atoms with E-state index in [1.54, 1.807) is 30.5 Å². The lowest BCUT2D eigenvalue weighted by atomic mass is 10.2. The van der Waals surface area contributed by atoms with Crippen molar-refractivity contribution < 1.29 is 13.2 Å². The Kier molecular flexibility index (Phi) is 4.90. The van der Waals surface area contributed by atoms with Crippen LogP contribution in [0.3, 0.4) is 0 Å². The smallest absolute Gasteiger partial charge is 0.245 e. The van der Waals surface area contributed by atoms with Crippen LogP contribution >= 0.6 is 0 Å². The van der Waals surface area contributed by atoms with Crippen LogP contribution in [0, 0.1) is 6.92 Å². The average molecular weight is 369 g/mol. The Morgan fingerprint density at radius 2 is 1.81 bits per heavy atom. The molecule has 0 saturated carbocycles. The highest BCUT2D eigenvalue weighted by Gasteiger charge is 2.23. The van der Waals surface area contributed by atoms with Crippen LogP contribution in [0.25, 0.3) is 10.9 Å². The molecule has 0 aliphatic carbocycles. The first kappa shape index (κ1) is 17.9. The fourth-order valence-corrected chi connectivity index (χ4v) is 3.56. The molecule has 7 heteroatoms. The summed E-state index contributed by atoms with van der Waals surface area (Å²) in [5.74, 6) is -0.419. The van der Waals surface area contributed by atoms with Gasteiger partial charge >= 0.3 is 0 Å². The van der Waals surface area contributed by atoms with E-state index in [1.807, 2.05) is 37.3 Å². The molecule has 0 atom stereocenters. The molecule has 0 bridgehead atoms. The van der Waals surface area contributed by atoms with Crippen LogP contribution < -0.4 is 9.62 Å². The third-order valence-electron chi connectivity index (χ3n) is 3.99. The number of para-hydroxylation sites is 2. The zero-order chi connectivity index (χ0) is 18.7. The molecular formula is C19H19N3O3S. The summed E-state index contributed by atoms with van der Waals surface area (Å²) in [5, 5.41) is 3.57. The van der Waals surface area contributed by atoms with Crippen molar-refractivity contribution in [3.8, 4) is 0 Å². The maximum absolute atomic E-state index is 12.5. The maximum Gasteiger partial charge on any atom is 0.245 e. The normalized spacial score (nSPS) is 11.3. The second-order valence-electron chi connectivity index (χ2n) is 5.98. The van der Waals surface area contributed by atoms with Gasteiger partial charge in [0, 0.05) is 17.3 Å². The van der Waals surface area contributed by atoms with Crippen LogP contribution in [-0.4, -0.2) is 32.1 Å². The molecule has 0 radical (unpaired) electrons. The summed E-state index contributed by atoms with van der Waals surface area (Å²) in [6.07, 6.45) is 2.68. The summed E-state index contributed by atoms with van der Waals surface area (Å²) < 4.78 is 25.8. The molecule has 134 valence electrons. The van der Waals surface area contributed by atoms with E-state index in [9.17, 15) is 13.2 Å². The third-order valence-corrected chi connectivity index (χ3v) is 5.11. The van der Waals surface area contributed by atoms with Gasteiger partial charge < -0.3 is 5.32 Å². The molecule has 6 nitrogen and oxygen atoms in total. The number of carbonyl (C=O) groups excluding carboxylic acids is 1. The van der Waals surface area contributed by atoms with Crippen LogP contribution in [0.5, 0.6) is 0 Å². The highest BCUT2D eigenvalue weighted by molar-refractivity contribution is 7.92. The Morgan fingerprint density at radius 3 is 2.54 bits per heavy atom. The number of carbonyl (C=O) groups is 1. The predicted molar refractivity (Wildman–Crippen MR) is 104 cm³/mol. The highest BCUT2D eigenvalue weighted by atomic mass is 32.2. The number of sulfonamides is 1. The van der Waals surface area contributed by atoms with Crippen molar-refractivity contribution in [3.63, 3.8) is 0 Å². The van der Waals surface area contributed by atoms with Gasteiger partial charge in [0.2, 0.25) is 15.9 Å². The van der Waals surface area contributed by atoms with Crippen LogP contribution in [-0.2, 0) is 14.8 Å². The van der Waals surface area contributed by atoms with Gasteiger partial charge in [-0.15, -0.1) is 0 Å². The molecule has 1 N–H and O–H groups in total. The van der Waals surface area contributed by atoms with Crippen molar-refractivity contribution in [2.45, 2.75) is 6.92 Å². The first-order valence-corrected chi connectivity index (χ1v) is 9.88. The number of hydrogen-bond donors (Lipinski definition) is 1. The van der Waals surface area contributed by atoms with Gasteiger partial charge in [-0.05, 0) is 30.7 Å². The van der Waals surface area contributed by atoms with Crippen LogP contribution in [0.2, 0.25) is 0 Å². The Morgan fingerprint density at radius 1 is 1.08 bits per heavy atom. The number of anilines is 2. The molecule has 26 heavy (non-hydrogen) atoms. The van der Waals surface area contributed by atoms with Gasteiger partial charge in [0.05, 0.1) is 17.5 Å². The summed E-state index contributed by atoms with van der Waals surface area (Å²) in [7, 11) is -3.67. The zero-order valence-electron chi connectivity index (χ0n) is 14.5. The van der Waals surface area contributed by atoms with Crippen molar-refractivity contribution in [2.75, 3.05) is 22.4 Å². The zero-order valence-corrected chi connectivity index (χ0v) is 15.3. The summed E-state index contributed by atoms with van der Waals surface area (Å²) in [6.45, 7) is 1.54. The van der Waals surface area contributed by atoms with Crippen molar-refractivity contribution >= 4 is 38.2 Å². The van der Waals surface area contributed by atoms with Gasteiger partial charge in [-0.3, -0.25) is 14.1 Å². The van der Waals surface area contributed by atoms with Crippen molar-refractivity contribution in [1.82, 2.24) is 4.98 Å². The molecule has 1 heterocycles. The molecule has 3 rings (SSSR count). The fourth-order valence-electron chi connectivity index (χ4n) is 2.70. The highest BCUT2D eigenvalue weighted by Crippen LogP contribution is 2.26. The van der Waals surface area contributed by atoms with Gasteiger partial charge in [-0.1, -0.05) is 36.4 Å². The minimum absolute atomic E-state index is 0.331. The molecule has 0 spiro atoms. The summed E-state index contributed by atoms with van der Waals surface area (Å²) in [6, 6.07) is 16.2. The summed E-state index contributed by atoms with van der Waals surface area (Å²) in [5.41, 5.74) is 2.47. The van der Waals surface area contributed by atoms with Gasteiger partial charge in [0.25, 0.3) is 0 Å². The number of pyridine rings is 1. The predicted octanol–water partition coefficient (Wildman–Crippen LogP) is 2.95. The molecule has 2 aromatic carbocycles. The van der Waals surface area contributed by atoms with Gasteiger partial charge in [-0.2, -0.15) is 0 Å². The number of nitrogens with zero attached hydrogens (tertiary/aromatic N) is 2. The molecule has 0 saturated heterocycles. The van der Waals surface area contributed by atoms with E-state index >= 15 is 0 Å². The van der Waals surface area contributed by atoms with E-state index < -0.39 is 15.9 Å². The van der Waals surface area contributed by atoms with Gasteiger partial charge in [-0.25, -0.2) is 8.42 Å². The number of aryl methyl sites for hydroxylation is 1. The number of hydrogen-bond acceptors (Lipinski definition) is 4. The molecule has 0 unspecified atom stereocenters. The topological polar surface area (TPSA) is 79.4 Å². The molecule has 0 aliphatic rings. The summed E-state index contributed by atoms with van der Waals surface area (Å²) in [4.78, 5) is 16.8. The molecule has 3 aromatic rings. The minimum atomic E-state index is -3.67. The van der Waals surface area contributed by atoms with Crippen LogP contribution in [0.4, 0.5) is 11.4 Å². The Hall–Kier alpha value is -2.93. The largest absolute Gasteiger partial charge is 0.324 e. The Labute approximate surface area is 152 Å². The number of rotatable bonds is 5. The lowest BCUT2D eigenvalue weighted by molar-refractivity contribution is -0.114. The minimum Gasteiger partial charge on any atom is -0.324 e. The first-order chi connectivity index (χ1) is 12.4. The number of aromatic nitrogens is 1. The lowest BCUT2D eigenvalue weighted by Crippen LogP contribution is -2.37. The Balaban J connectivity index is 1.95.